The van der Waals surface area contributed by atoms with E-state index >= 15 is 0 Å². The molecule has 0 saturated heterocycles. The first kappa shape index (κ1) is 28.4. The number of nitrogen functional groups attached to an aromatic ring is 1. The number of likely N-dealkylation sites (N-methyl/N-ethyl adjacent to an activating group) is 1. The number of allylic oxidation sites excluding steroid dienone is 4. The molecule has 11 heteroatoms. The average molecular weight is 481 g/mol. The first-order valence-electron chi connectivity index (χ1n) is 10.3. The van der Waals surface area contributed by atoms with Gasteiger partial charge in [0, 0.05) is 36.6 Å². The average Bonchev–Trinajstić information content (AvgIpc) is 2.76. The van der Waals surface area contributed by atoms with E-state index in [-0.39, 0.29) is 39.7 Å². The largest absolute Gasteiger partial charge is 0.398 e. The van der Waals surface area contributed by atoms with Crippen LogP contribution in [0.5, 0.6) is 0 Å². The van der Waals surface area contributed by atoms with Crippen LogP contribution in [0.15, 0.2) is 48.6 Å². The van der Waals surface area contributed by atoms with Gasteiger partial charge in [0.05, 0.1) is 17.7 Å². The molecule has 0 atom stereocenters. The van der Waals surface area contributed by atoms with Crippen LogP contribution in [0.2, 0.25) is 0 Å². The summed E-state index contributed by atoms with van der Waals surface area (Å²) >= 11 is 0. The number of amides is 1. The molecular weight excluding hydrogens is 452 g/mol. The van der Waals surface area contributed by atoms with Crippen LogP contribution in [0.25, 0.3) is 5.57 Å². The Morgan fingerprint density at radius 2 is 1.85 bits per heavy atom. The molecule has 0 aliphatic carbocycles. The third-order valence-corrected chi connectivity index (χ3v) is 4.46. The van der Waals surface area contributed by atoms with E-state index in [1.54, 1.807) is 6.08 Å². The molecule has 0 aliphatic rings. The summed E-state index contributed by atoms with van der Waals surface area (Å²) < 4.78 is 51.8. The van der Waals surface area contributed by atoms with E-state index in [0.29, 0.717) is 25.9 Å². The zero-order valence-electron chi connectivity index (χ0n) is 18.7. The number of rotatable bonds is 13. The minimum atomic E-state index is -4.51. The van der Waals surface area contributed by atoms with Gasteiger partial charge >= 0.3 is 6.18 Å². The van der Waals surface area contributed by atoms with E-state index in [1.807, 2.05) is 0 Å². The van der Waals surface area contributed by atoms with Gasteiger partial charge in [0.1, 0.15) is 0 Å². The van der Waals surface area contributed by atoms with Gasteiger partial charge in [-0.1, -0.05) is 18.2 Å². The molecule has 0 aromatic heterocycles. The SMILES string of the molecule is CNC(=O)/C=C/CNCCCC(=N)/C=C\C(=N)/C(=C/CC(F)(F)F)c1ccc(N)c(C(=N)F)c1. The molecule has 1 amide bonds. The van der Waals surface area contributed by atoms with Gasteiger partial charge in [-0.15, -0.1) is 0 Å². The normalized spacial score (nSPS) is 12.3. The molecule has 1 rings (SSSR count). The van der Waals surface area contributed by atoms with Gasteiger partial charge in [-0.05, 0) is 49.2 Å². The van der Waals surface area contributed by atoms with Crippen molar-refractivity contribution in [1.82, 2.24) is 10.6 Å². The number of benzene rings is 1. The second-order valence-corrected chi connectivity index (χ2v) is 7.15. The number of alkyl halides is 3. The lowest BCUT2D eigenvalue weighted by Crippen LogP contribution is -2.18. The maximum Gasteiger partial charge on any atom is 0.392 e. The number of hydrogen-bond acceptors (Lipinski definition) is 6. The summed E-state index contributed by atoms with van der Waals surface area (Å²) in [7, 11) is 1.52. The van der Waals surface area contributed by atoms with Crippen molar-refractivity contribution in [3.8, 4) is 0 Å². The molecule has 0 heterocycles. The minimum absolute atomic E-state index is 0.0481. The van der Waals surface area contributed by atoms with Gasteiger partial charge in [-0.25, -0.2) is 0 Å². The molecular formula is C23H28F4N6O. The molecule has 34 heavy (non-hydrogen) atoms. The van der Waals surface area contributed by atoms with Crippen molar-refractivity contribution in [3.63, 3.8) is 0 Å². The summed E-state index contributed by atoms with van der Waals surface area (Å²) in [5.74, 6) is -1.55. The number of carbonyl (C=O) groups is 1. The minimum Gasteiger partial charge on any atom is -0.398 e. The Labute approximate surface area is 195 Å². The molecule has 0 radical (unpaired) electrons. The van der Waals surface area contributed by atoms with Crippen LogP contribution in [0.3, 0.4) is 0 Å². The molecule has 0 unspecified atom stereocenters. The Balaban J connectivity index is 2.81. The van der Waals surface area contributed by atoms with Gasteiger partial charge in [-0.2, -0.15) is 17.6 Å². The quantitative estimate of drug-likeness (QED) is 0.0830. The number of anilines is 1. The Bertz CT molecular complexity index is 996. The predicted octanol–water partition coefficient (Wildman–Crippen LogP) is 4.17. The van der Waals surface area contributed by atoms with Crippen molar-refractivity contribution in [2.24, 2.45) is 0 Å². The van der Waals surface area contributed by atoms with Crippen molar-refractivity contribution in [3.05, 3.63) is 59.7 Å². The zero-order valence-corrected chi connectivity index (χ0v) is 18.7. The van der Waals surface area contributed by atoms with Gasteiger partial charge in [0.25, 0.3) is 0 Å². The third kappa shape index (κ3) is 10.8. The summed E-state index contributed by atoms with van der Waals surface area (Å²) in [5, 5.41) is 28.8. The molecule has 0 spiro atoms. The van der Waals surface area contributed by atoms with E-state index < -0.39 is 18.6 Å². The summed E-state index contributed by atoms with van der Waals surface area (Å²) in [6, 6.07) is 3.73. The highest BCUT2D eigenvalue weighted by molar-refractivity contribution is 6.28. The fourth-order valence-corrected chi connectivity index (χ4v) is 2.71. The molecule has 0 saturated carbocycles. The van der Waals surface area contributed by atoms with Gasteiger partial charge < -0.3 is 27.2 Å². The van der Waals surface area contributed by atoms with Crippen molar-refractivity contribution in [2.75, 3.05) is 25.9 Å². The van der Waals surface area contributed by atoms with Crippen LogP contribution in [-0.2, 0) is 4.79 Å². The lowest BCUT2D eigenvalue weighted by molar-refractivity contribution is -0.125. The summed E-state index contributed by atoms with van der Waals surface area (Å²) in [5.41, 5.74) is 5.14. The summed E-state index contributed by atoms with van der Waals surface area (Å²) in [6.07, 6.45) is 1.55. The molecule has 1 aromatic rings. The van der Waals surface area contributed by atoms with Crippen LogP contribution in [0, 0.1) is 16.2 Å². The second-order valence-electron chi connectivity index (χ2n) is 7.15. The first-order valence-corrected chi connectivity index (χ1v) is 10.3. The van der Waals surface area contributed by atoms with Crippen molar-refractivity contribution < 1.29 is 22.4 Å². The Morgan fingerprint density at radius 3 is 2.47 bits per heavy atom. The zero-order chi connectivity index (χ0) is 25.7. The van der Waals surface area contributed by atoms with E-state index in [0.717, 1.165) is 12.1 Å². The van der Waals surface area contributed by atoms with E-state index in [4.69, 9.17) is 22.0 Å². The fraction of sp³-hybridized carbons (Fsp3) is 0.304. The topological polar surface area (TPSA) is 139 Å². The van der Waals surface area contributed by atoms with E-state index in [2.05, 4.69) is 10.6 Å². The number of nitrogens with one attached hydrogen (secondary N) is 5. The van der Waals surface area contributed by atoms with Crippen LogP contribution < -0.4 is 16.4 Å². The van der Waals surface area contributed by atoms with Crippen LogP contribution in [0.4, 0.5) is 23.2 Å². The standard InChI is InChI=1S/C23H28F4N6O/c1-32-21(34)5-3-13-33-12-2-4-16(28)7-9-19(29)17(10-11-23(25,26)27)15-6-8-20(30)18(14-15)22(24)31/h3,5-10,14,28-29,31,33H,2,4,11-13,30H2,1H3,(H,32,34)/b5-3+,9-7-,17-10+,28-16?,29-19?,31-22?. The van der Waals surface area contributed by atoms with Crippen LogP contribution >= 0.6 is 0 Å². The number of hydrogen-bond donors (Lipinski definition) is 6. The van der Waals surface area contributed by atoms with Crippen molar-refractivity contribution in [1.29, 1.82) is 16.2 Å². The number of nitrogens with two attached hydrogens (primary N) is 1. The number of carbonyl (C=O) groups excluding carboxylic acids is 1. The van der Waals surface area contributed by atoms with Crippen LogP contribution in [-0.4, -0.2) is 49.6 Å². The molecule has 184 valence electrons. The van der Waals surface area contributed by atoms with Crippen LogP contribution in [0.1, 0.15) is 30.4 Å². The highest BCUT2D eigenvalue weighted by Gasteiger charge is 2.26. The Hall–Kier alpha value is -3.60. The van der Waals surface area contributed by atoms with E-state index in [9.17, 15) is 22.4 Å². The summed E-state index contributed by atoms with van der Waals surface area (Å²) in [6.45, 7) is 1.06. The van der Waals surface area contributed by atoms with Gasteiger partial charge in [0.15, 0.2) is 0 Å². The Kier molecular flexibility index (Phi) is 11.6. The van der Waals surface area contributed by atoms with Crippen molar-refractivity contribution >= 4 is 34.6 Å². The third-order valence-electron chi connectivity index (χ3n) is 4.46. The lowest BCUT2D eigenvalue weighted by atomic mass is 9.96. The highest BCUT2D eigenvalue weighted by atomic mass is 19.4. The van der Waals surface area contributed by atoms with E-state index in [1.165, 1.54) is 37.4 Å². The molecule has 7 nitrogen and oxygen atoms in total. The fourth-order valence-electron chi connectivity index (χ4n) is 2.71. The monoisotopic (exact) mass is 480 g/mol. The number of halogens is 4. The van der Waals surface area contributed by atoms with Crippen molar-refractivity contribution in [2.45, 2.75) is 25.4 Å². The maximum absolute atomic E-state index is 13.4. The lowest BCUT2D eigenvalue weighted by Gasteiger charge is -2.11. The van der Waals surface area contributed by atoms with Gasteiger partial charge in [-0.3, -0.25) is 10.2 Å². The smallest absolute Gasteiger partial charge is 0.392 e. The molecule has 1 aromatic carbocycles. The Morgan fingerprint density at radius 1 is 1.15 bits per heavy atom. The summed E-state index contributed by atoms with van der Waals surface area (Å²) in [4.78, 5) is 11.0. The molecule has 0 bridgehead atoms. The van der Waals surface area contributed by atoms with Gasteiger partial charge in [0.2, 0.25) is 11.9 Å². The molecule has 7 N–H and O–H groups in total. The molecule has 0 aliphatic heterocycles. The maximum atomic E-state index is 13.4. The first-order chi connectivity index (χ1) is 15.9. The molecule has 0 fully saturated rings. The second kappa shape index (κ2) is 13.8. The predicted molar refractivity (Wildman–Crippen MR) is 127 cm³/mol. The highest BCUT2D eigenvalue weighted by Crippen LogP contribution is 2.27.